The van der Waals surface area contributed by atoms with Crippen LogP contribution in [0.2, 0.25) is 0 Å². The monoisotopic (exact) mass is 299 g/mol. The first-order valence-electron chi connectivity index (χ1n) is 5.85. The van der Waals surface area contributed by atoms with E-state index in [4.69, 9.17) is 5.11 Å². The zero-order valence-corrected chi connectivity index (χ0v) is 11.1. The van der Waals surface area contributed by atoms with Crippen molar-refractivity contribution in [1.29, 1.82) is 0 Å². The van der Waals surface area contributed by atoms with Crippen LogP contribution in [-0.4, -0.2) is 15.6 Å². The highest BCUT2D eigenvalue weighted by Gasteiger charge is 2.15. The van der Waals surface area contributed by atoms with Gasteiger partial charge in [0.1, 0.15) is 0 Å². The van der Waals surface area contributed by atoms with Crippen molar-refractivity contribution in [3.05, 3.63) is 44.9 Å². The van der Waals surface area contributed by atoms with Gasteiger partial charge in [0.25, 0.3) is 0 Å². The average molecular weight is 299 g/mol. The number of nitrogens with zero attached hydrogens (tertiary/aromatic N) is 1. The van der Waals surface area contributed by atoms with E-state index < -0.39 is 17.6 Å². The summed E-state index contributed by atoms with van der Waals surface area (Å²) in [6.45, 7) is 0.153. The van der Waals surface area contributed by atoms with Gasteiger partial charge in [0, 0.05) is 23.9 Å². The van der Waals surface area contributed by atoms with Crippen molar-refractivity contribution in [2.45, 2.75) is 19.4 Å². The van der Waals surface area contributed by atoms with Crippen molar-refractivity contribution >= 4 is 17.3 Å². The molecule has 0 saturated carbocycles. The molecule has 0 unspecified atom stereocenters. The molecule has 0 fully saturated rings. The Morgan fingerprint density at radius 2 is 2.10 bits per heavy atom. The predicted octanol–water partition coefficient (Wildman–Crippen LogP) is 2.72. The molecule has 20 heavy (non-hydrogen) atoms. The molecule has 0 bridgehead atoms. The Balaban J connectivity index is 2.35. The Bertz CT molecular complexity index is 693. The van der Waals surface area contributed by atoms with Crippen LogP contribution < -0.4 is 4.87 Å². The first-order valence-corrected chi connectivity index (χ1v) is 6.73. The third kappa shape index (κ3) is 2.93. The number of halogens is 2. The fourth-order valence-electron chi connectivity index (χ4n) is 1.84. The molecule has 0 aliphatic carbocycles. The number of carboxylic acids is 1. The lowest BCUT2D eigenvalue weighted by Crippen LogP contribution is -2.15. The van der Waals surface area contributed by atoms with Crippen molar-refractivity contribution < 1.29 is 18.7 Å². The quantitative estimate of drug-likeness (QED) is 0.923. The smallest absolute Gasteiger partial charge is 0.307 e. The minimum atomic E-state index is -1.02. The van der Waals surface area contributed by atoms with Gasteiger partial charge in [-0.05, 0) is 18.6 Å². The van der Waals surface area contributed by atoms with E-state index in [-0.39, 0.29) is 35.5 Å². The lowest BCUT2D eigenvalue weighted by Gasteiger charge is -2.08. The maximum Gasteiger partial charge on any atom is 0.307 e. The third-order valence-corrected chi connectivity index (χ3v) is 3.55. The Morgan fingerprint density at radius 1 is 1.35 bits per heavy atom. The summed E-state index contributed by atoms with van der Waals surface area (Å²) in [7, 11) is 0. The number of carbonyl (C=O) groups is 1. The Morgan fingerprint density at radius 3 is 2.80 bits per heavy atom. The molecular formula is C13H11F2NO3S. The molecule has 106 valence electrons. The van der Waals surface area contributed by atoms with Crippen LogP contribution in [0.3, 0.4) is 0 Å². The van der Waals surface area contributed by atoms with E-state index in [1.54, 1.807) is 0 Å². The number of rotatable bonds is 5. The summed E-state index contributed by atoms with van der Waals surface area (Å²) in [6, 6.07) is 3.74. The standard InChI is InChI=1S/C13H11F2NO3S/c14-9-4-1-3-8(12(9)15)10-7-20-13(19)16(10)6-2-5-11(17)18/h1,3-4,7H,2,5-6H2,(H,17,18). The molecule has 7 heteroatoms. The summed E-state index contributed by atoms with van der Waals surface area (Å²) in [6.07, 6.45) is 0.156. The summed E-state index contributed by atoms with van der Waals surface area (Å²) < 4.78 is 28.2. The van der Waals surface area contributed by atoms with Gasteiger partial charge in [0.05, 0.1) is 5.69 Å². The van der Waals surface area contributed by atoms with Crippen LogP contribution in [-0.2, 0) is 11.3 Å². The second-order valence-corrected chi connectivity index (χ2v) is 4.96. The molecule has 0 amide bonds. The van der Waals surface area contributed by atoms with Crippen LogP contribution in [0.5, 0.6) is 0 Å². The fraction of sp³-hybridized carbons (Fsp3) is 0.231. The molecule has 0 aliphatic rings. The Hall–Kier alpha value is -2.02. The van der Waals surface area contributed by atoms with E-state index in [1.165, 1.54) is 22.1 Å². The van der Waals surface area contributed by atoms with Gasteiger partial charge in [-0.3, -0.25) is 14.2 Å². The van der Waals surface area contributed by atoms with Gasteiger partial charge < -0.3 is 5.11 Å². The van der Waals surface area contributed by atoms with Crippen LogP contribution in [0.4, 0.5) is 8.78 Å². The molecule has 0 atom stereocenters. The van der Waals surface area contributed by atoms with Gasteiger partial charge in [-0.25, -0.2) is 8.78 Å². The molecule has 1 aromatic carbocycles. The highest BCUT2D eigenvalue weighted by Crippen LogP contribution is 2.25. The molecule has 4 nitrogen and oxygen atoms in total. The van der Waals surface area contributed by atoms with Crippen LogP contribution in [0.1, 0.15) is 12.8 Å². The van der Waals surface area contributed by atoms with E-state index in [2.05, 4.69) is 0 Å². The number of thiazole rings is 1. The van der Waals surface area contributed by atoms with Crippen LogP contribution in [0.15, 0.2) is 28.4 Å². The molecule has 0 saturated heterocycles. The summed E-state index contributed by atoms with van der Waals surface area (Å²) >= 11 is 0.870. The van der Waals surface area contributed by atoms with Gasteiger partial charge >= 0.3 is 10.8 Å². The van der Waals surface area contributed by atoms with Crippen LogP contribution in [0.25, 0.3) is 11.3 Å². The summed E-state index contributed by atoms with van der Waals surface area (Å²) in [5.74, 6) is -2.97. The molecule has 1 aromatic heterocycles. The minimum Gasteiger partial charge on any atom is -0.481 e. The summed E-state index contributed by atoms with van der Waals surface area (Å²) in [5, 5.41) is 10.0. The average Bonchev–Trinajstić information content (AvgIpc) is 2.74. The first kappa shape index (κ1) is 14.4. The largest absolute Gasteiger partial charge is 0.481 e. The van der Waals surface area contributed by atoms with E-state index in [1.807, 2.05) is 0 Å². The molecule has 0 aliphatic heterocycles. The molecule has 0 spiro atoms. The van der Waals surface area contributed by atoms with Crippen molar-refractivity contribution in [2.24, 2.45) is 0 Å². The van der Waals surface area contributed by atoms with Gasteiger partial charge in [0.2, 0.25) is 0 Å². The maximum atomic E-state index is 13.7. The van der Waals surface area contributed by atoms with Crippen molar-refractivity contribution in [1.82, 2.24) is 4.57 Å². The van der Waals surface area contributed by atoms with E-state index >= 15 is 0 Å². The second-order valence-electron chi connectivity index (χ2n) is 4.14. The SMILES string of the molecule is O=C(O)CCCn1c(-c2cccc(F)c2F)csc1=O. The lowest BCUT2D eigenvalue weighted by molar-refractivity contribution is -0.137. The number of carboxylic acid groups (broad SMARTS) is 1. The van der Waals surface area contributed by atoms with Crippen LogP contribution >= 0.6 is 11.3 Å². The second kappa shape index (κ2) is 5.96. The minimum absolute atomic E-state index is 0.00123. The predicted molar refractivity (Wildman–Crippen MR) is 70.8 cm³/mol. The normalized spacial score (nSPS) is 10.7. The maximum absolute atomic E-state index is 13.7. The van der Waals surface area contributed by atoms with Gasteiger partial charge in [-0.2, -0.15) is 0 Å². The zero-order chi connectivity index (χ0) is 14.7. The molecular weight excluding hydrogens is 288 g/mol. The van der Waals surface area contributed by atoms with E-state index in [9.17, 15) is 18.4 Å². The third-order valence-electron chi connectivity index (χ3n) is 2.78. The van der Waals surface area contributed by atoms with Crippen molar-refractivity contribution in [3.63, 3.8) is 0 Å². The topological polar surface area (TPSA) is 59.3 Å². The highest BCUT2D eigenvalue weighted by atomic mass is 32.1. The van der Waals surface area contributed by atoms with Gasteiger partial charge in [-0.15, -0.1) is 0 Å². The van der Waals surface area contributed by atoms with E-state index in [0.717, 1.165) is 17.4 Å². The Kier molecular flexibility index (Phi) is 4.29. The van der Waals surface area contributed by atoms with Gasteiger partial charge in [-0.1, -0.05) is 17.4 Å². The molecule has 0 radical (unpaired) electrons. The first-order chi connectivity index (χ1) is 9.50. The molecule has 2 rings (SSSR count). The number of aliphatic carboxylic acids is 1. The number of aromatic nitrogens is 1. The molecule has 1 heterocycles. The number of hydrogen-bond acceptors (Lipinski definition) is 3. The summed E-state index contributed by atoms with van der Waals surface area (Å²) in [4.78, 5) is 21.9. The Labute approximate surface area is 116 Å². The number of hydrogen-bond donors (Lipinski definition) is 1. The summed E-state index contributed by atoms with van der Waals surface area (Å²) in [5.41, 5.74) is 0.265. The van der Waals surface area contributed by atoms with Crippen LogP contribution in [0, 0.1) is 11.6 Å². The number of benzene rings is 1. The van der Waals surface area contributed by atoms with E-state index in [0.29, 0.717) is 0 Å². The van der Waals surface area contributed by atoms with Crippen molar-refractivity contribution in [2.75, 3.05) is 0 Å². The fourth-order valence-corrected chi connectivity index (χ4v) is 2.63. The van der Waals surface area contributed by atoms with Crippen molar-refractivity contribution in [3.8, 4) is 11.3 Å². The lowest BCUT2D eigenvalue weighted by atomic mass is 10.1. The highest BCUT2D eigenvalue weighted by molar-refractivity contribution is 7.07. The van der Waals surface area contributed by atoms with Gasteiger partial charge in [0.15, 0.2) is 11.6 Å². The molecule has 1 N–H and O–H groups in total. The molecule has 2 aromatic rings. The zero-order valence-electron chi connectivity index (χ0n) is 10.3.